The number of carbonyl (C=O) groups excluding carboxylic acids is 2. The van der Waals surface area contributed by atoms with E-state index in [9.17, 15) is 40.3 Å². The van der Waals surface area contributed by atoms with Gasteiger partial charge in [-0.1, -0.05) is 18.3 Å². The molecule has 1 fully saturated rings. The molecule has 1 amide bonds. The average molecular weight is 517 g/mol. The summed E-state index contributed by atoms with van der Waals surface area (Å²) in [5.74, 6) is -3.13. The van der Waals surface area contributed by atoms with Gasteiger partial charge in [-0.25, -0.2) is 4.39 Å². The Hall–Kier alpha value is -2.15. The first-order valence-electron chi connectivity index (χ1n) is 9.26. The van der Waals surface area contributed by atoms with E-state index in [1.54, 1.807) is 13.8 Å². The van der Waals surface area contributed by atoms with E-state index >= 15 is 0 Å². The van der Waals surface area contributed by atoms with Gasteiger partial charge in [-0.3, -0.25) is 9.59 Å². The second-order valence-electron chi connectivity index (χ2n) is 7.14. The lowest BCUT2D eigenvalue weighted by molar-refractivity contribution is -0.148. The van der Waals surface area contributed by atoms with E-state index in [1.807, 2.05) is 0 Å². The smallest absolute Gasteiger partial charge is 0.416 e. The van der Waals surface area contributed by atoms with Crippen LogP contribution in [-0.4, -0.2) is 40.3 Å². The second-order valence-corrected chi connectivity index (χ2v) is 9.07. The fourth-order valence-corrected chi connectivity index (χ4v) is 4.50. The number of allylic oxidation sites excluding steroid dienone is 2. The molecule has 1 saturated heterocycles. The summed E-state index contributed by atoms with van der Waals surface area (Å²) >= 11 is 4.65. The molecule has 13 heteroatoms. The van der Waals surface area contributed by atoms with Crippen LogP contribution in [0.2, 0.25) is 0 Å². The first-order chi connectivity index (χ1) is 15.0. The van der Waals surface area contributed by atoms with Gasteiger partial charge in [0.05, 0.1) is 28.6 Å². The molecule has 182 valence electrons. The lowest BCUT2D eigenvalue weighted by Crippen LogP contribution is -2.32. The fourth-order valence-electron chi connectivity index (χ4n) is 2.84. The highest BCUT2D eigenvalue weighted by molar-refractivity contribution is 8.14. The van der Waals surface area contributed by atoms with Crippen LogP contribution in [0.25, 0.3) is 5.57 Å². The molecule has 1 atom stereocenters. The van der Waals surface area contributed by atoms with Crippen LogP contribution >= 0.6 is 24.4 Å². The number of esters is 1. The van der Waals surface area contributed by atoms with Gasteiger partial charge >= 0.3 is 18.3 Å². The molecule has 0 aromatic heterocycles. The molecular formula is C20H18F7NO3S2. The van der Waals surface area contributed by atoms with Crippen LogP contribution in [0, 0.1) is 5.82 Å². The normalized spacial score (nSPS) is 18.7. The first kappa shape index (κ1) is 27.1. The fraction of sp³-hybridized carbons (Fsp3) is 0.400. The van der Waals surface area contributed by atoms with Gasteiger partial charge in [0.2, 0.25) is 0 Å². The molecule has 1 heterocycles. The summed E-state index contributed by atoms with van der Waals surface area (Å²) < 4.78 is 97.7. The van der Waals surface area contributed by atoms with Crippen molar-refractivity contribution < 1.29 is 45.1 Å². The molecule has 33 heavy (non-hydrogen) atoms. The summed E-state index contributed by atoms with van der Waals surface area (Å²) in [6.45, 7) is 5.82. The largest absolute Gasteiger partial charge is 0.463 e. The van der Waals surface area contributed by atoms with E-state index in [0.717, 1.165) is 4.90 Å². The maximum absolute atomic E-state index is 13.9. The van der Waals surface area contributed by atoms with Crippen molar-refractivity contribution in [1.29, 1.82) is 0 Å². The summed E-state index contributed by atoms with van der Waals surface area (Å²) in [5, 5.41) is 0. The molecule has 1 aliphatic heterocycles. The highest BCUT2D eigenvalue weighted by Crippen LogP contribution is 2.47. The van der Waals surface area contributed by atoms with Crippen molar-refractivity contribution >= 4 is 41.8 Å². The molecule has 0 saturated carbocycles. The van der Waals surface area contributed by atoms with Gasteiger partial charge in [0, 0.05) is 12.1 Å². The highest BCUT2D eigenvalue weighted by Gasteiger charge is 2.43. The second kappa shape index (κ2) is 10.00. The Morgan fingerprint density at radius 1 is 1.21 bits per heavy atom. The van der Waals surface area contributed by atoms with Gasteiger partial charge < -0.3 is 9.64 Å². The lowest BCUT2D eigenvalue weighted by atomic mass is 9.95. The molecule has 1 aliphatic rings. The summed E-state index contributed by atoms with van der Waals surface area (Å²) in [6.07, 6.45) is -10.9. The van der Waals surface area contributed by atoms with Gasteiger partial charge in [-0.15, -0.1) is 12.6 Å². The number of thiol groups is 1. The lowest BCUT2D eigenvalue weighted by Gasteiger charge is -2.19. The van der Waals surface area contributed by atoms with Crippen LogP contribution in [0.1, 0.15) is 31.4 Å². The topological polar surface area (TPSA) is 46.6 Å². The molecule has 0 radical (unpaired) electrons. The Bertz CT molecular complexity index is 987. The predicted octanol–water partition coefficient (Wildman–Crippen LogP) is 5.80. The van der Waals surface area contributed by atoms with Crippen LogP contribution in [0.3, 0.4) is 0 Å². The molecule has 0 bridgehead atoms. The molecule has 4 nitrogen and oxygen atoms in total. The average Bonchev–Trinajstić information content (AvgIpc) is 2.91. The Morgan fingerprint density at radius 3 is 2.33 bits per heavy atom. The Balaban J connectivity index is 2.56. The van der Waals surface area contributed by atoms with E-state index in [2.05, 4.69) is 19.2 Å². The Kier molecular flexibility index (Phi) is 8.21. The number of hydrogen-bond donors (Lipinski definition) is 1. The minimum atomic E-state index is -5.13. The molecule has 1 unspecified atom stereocenters. The minimum absolute atomic E-state index is 0.125. The SMILES string of the molecule is C=C(/C(=C1\SC(S)N(CCC(=O)OC(C)C)C1=O)c1cc(F)cc(C(F)(F)F)c1)C(F)(F)F. The van der Waals surface area contributed by atoms with Crippen molar-refractivity contribution in [2.75, 3.05) is 6.54 Å². The summed E-state index contributed by atoms with van der Waals surface area (Å²) in [5.41, 5.74) is -4.97. The molecule has 0 aliphatic carbocycles. The number of thioether (sulfide) groups is 1. The number of amides is 1. The maximum atomic E-state index is 13.9. The van der Waals surface area contributed by atoms with Gasteiger partial charge in [0.25, 0.3) is 5.91 Å². The van der Waals surface area contributed by atoms with Gasteiger partial charge in [0.1, 0.15) is 10.5 Å². The van der Waals surface area contributed by atoms with Gasteiger partial charge in [0.15, 0.2) is 0 Å². The number of halogens is 7. The molecule has 1 aromatic carbocycles. The minimum Gasteiger partial charge on any atom is -0.463 e. The third-order valence-electron chi connectivity index (χ3n) is 4.25. The van der Waals surface area contributed by atoms with Crippen LogP contribution in [0.15, 0.2) is 35.3 Å². The van der Waals surface area contributed by atoms with Crippen molar-refractivity contribution in [1.82, 2.24) is 4.90 Å². The molecular weight excluding hydrogens is 499 g/mol. The number of ether oxygens (including phenoxy) is 1. The van der Waals surface area contributed by atoms with Crippen molar-refractivity contribution in [2.45, 2.75) is 43.4 Å². The quantitative estimate of drug-likeness (QED) is 0.224. The van der Waals surface area contributed by atoms with E-state index in [1.165, 1.54) is 0 Å². The monoisotopic (exact) mass is 517 g/mol. The molecule has 0 spiro atoms. The number of nitrogens with zero attached hydrogens (tertiary/aromatic N) is 1. The van der Waals surface area contributed by atoms with E-state index < -0.39 is 68.0 Å². The zero-order valence-electron chi connectivity index (χ0n) is 17.2. The van der Waals surface area contributed by atoms with Gasteiger partial charge in [-0.05, 0) is 37.6 Å². The van der Waals surface area contributed by atoms with Crippen molar-refractivity contribution in [3.63, 3.8) is 0 Å². The van der Waals surface area contributed by atoms with E-state index in [-0.39, 0.29) is 19.0 Å². The number of hydrogen-bond acceptors (Lipinski definition) is 5. The number of benzene rings is 1. The van der Waals surface area contributed by atoms with Crippen LogP contribution in [0.4, 0.5) is 30.7 Å². The first-order valence-corrected chi connectivity index (χ1v) is 10.7. The van der Waals surface area contributed by atoms with E-state index in [4.69, 9.17) is 4.74 Å². The highest BCUT2D eigenvalue weighted by atomic mass is 32.2. The van der Waals surface area contributed by atoms with E-state index in [0.29, 0.717) is 23.9 Å². The Labute approximate surface area is 194 Å². The van der Waals surface area contributed by atoms with Crippen molar-refractivity contribution in [3.8, 4) is 0 Å². The van der Waals surface area contributed by atoms with Crippen LogP contribution in [0.5, 0.6) is 0 Å². The number of alkyl halides is 6. The third-order valence-corrected chi connectivity index (χ3v) is 5.93. The third kappa shape index (κ3) is 6.69. The predicted molar refractivity (Wildman–Crippen MR) is 111 cm³/mol. The summed E-state index contributed by atoms with van der Waals surface area (Å²) in [7, 11) is 0. The van der Waals surface area contributed by atoms with Crippen LogP contribution < -0.4 is 0 Å². The van der Waals surface area contributed by atoms with Crippen molar-refractivity contribution in [3.05, 3.63) is 52.2 Å². The zero-order chi connectivity index (χ0) is 25.3. The van der Waals surface area contributed by atoms with Crippen LogP contribution in [-0.2, 0) is 20.5 Å². The molecule has 2 rings (SSSR count). The maximum Gasteiger partial charge on any atom is 0.416 e. The zero-order valence-corrected chi connectivity index (χ0v) is 18.9. The standard InChI is InChI=1S/C20H18F7NO3S2/c1-9(2)31-14(29)4-5-28-17(30)16(33-18(28)32)15(10(3)19(22,23)24)11-6-12(20(25,26)27)8-13(21)7-11/h6-9,18,32H,3-5H2,1-2H3/b16-15+. The number of rotatable bonds is 6. The summed E-state index contributed by atoms with van der Waals surface area (Å²) in [6, 6.07) is 0.894. The van der Waals surface area contributed by atoms with Crippen molar-refractivity contribution in [2.24, 2.45) is 0 Å². The molecule has 0 N–H and O–H groups in total. The van der Waals surface area contributed by atoms with Gasteiger partial charge in [-0.2, -0.15) is 26.3 Å². The number of carbonyl (C=O) groups is 2. The molecule has 1 aromatic rings. The summed E-state index contributed by atoms with van der Waals surface area (Å²) in [4.78, 5) is 25.0. The Morgan fingerprint density at radius 2 is 1.82 bits per heavy atom.